The quantitative estimate of drug-likeness (QED) is 0.878. The summed E-state index contributed by atoms with van der Waals surface area (Å²) in [5, 5.41) is 2.79. The third-order valence-electron chi connectivity index (χ3n) is 4.25. The van der Waals surface area contributed by atoms with Gasteiger partial charge in [-0.1, -0.05) is 0 Å². The number of benzene rings is 1. The molecule has 0 fully saturated rings. The Bertz CT molecular complexity index is 813. The fourth-order valence-electron chi connectivity index (χ4n) is 3.04. The summed E-state index contributed by atoms with van der Waals surface area (Å²) in [6.45, 7) is 5.43. The van der Waals surface area contributed by atoms with Crippen molar-refractivity contribution in [2.24, 2.45) is 5.41 Å². The van der Waals surface area contributed by atoms with Crippen molar-refractivity contribution in [3.63, 3.8) is 0 Å². The van der Waals surface area contributed by atoms with E-state index in [0.29, 0.717) is 11.3 Å². The van der Waals surface area contributed by atoms with Crippen molar-refractivity contribution in [1.82, 2.24) is 9.55 Å². The molecule has 2 heterocycles. The maximum Gasteiger partial charge on any atom is 0.356 e. The predicted molar refractivity (Wildman–Crippen MR) is 85.1 cm³/mol. The molecule has 1 aromatic carbocycles. The molecule has 1 N–H and O–H groups in total. The zero-order chi connectivity index (χ0) is 17.5. The van der Waals surface area contributed by atoms with Gasteiger partial charge in [0.25, 0.3) is 0 Å². The highest BCUT2D eigenvalue weighted by Crippen LogP contribution is 2.45. The third-order valence-corrected chi connectivity index (χ3v) is 4.25. The molecule has 126 valence electrons. The van der Waals surface area contributed by atoms with E-state index in [4.69, 9.17) is 4.74 Å². The summed E-state index contributed by atoms with van der Waals surface area (Å²) < 4.78 is 20.4. The van der Waals surface area contributed by atoms with Crippen LogP contribution in [0.2, 0.25) is 0 Å². The minimum Gasteiger partial charge on any atom is -0.461 e. The molecule has 1 aliphatic rings. The van der Waals surface area contributed by atoms with Crippen LogP contribution in [0.4, 0.5) is 10.1 Å². The smallest absolute Gasteiger partial charge is 0.356 e. The second-order valence-corrected chi connectivity index (χ2v) is 6.22. The lowest BCUT2D eigenvalue weighted by molar-refractivity contribution is -0.126. The Morgan fingerprint density at radius 3 is 2.92 bits per heavy atom. The number of fused-ring (bicyclic) bond motifs is 1. The average Bonchev–Trinajstić information content (AvgIpc) is 2.98. The van der Waals surface area contributed by atoms with Gasteiger partial charge in [-0.15, -0.1) is 0 Å². The Labute approximate surface area is 138 Å². The zero-order valence-electron chi connectivity index (χ0n) is 13.7. The molecular formula is C17H18FN3O3. The molecule has 1 unspecified atom stereocenters. The molecule has 0 saturated carbocycles. The molecule has 2 aromatic rings. The van der Waals surface area contributed by atoms with Gasteiger partial charge < -0.3 is 14.6 Å². The van der Waals surface area contributed by atoms with Gasteiger partial charge in [-0.3, -0.25) is 4.79 Å². The number of nitrogens with one attached hydrogen (secondary N) is 1. The molecule has 0 aliphatic carbocycles. The van der Waals surface area contributed by atoms with Gasteiger partial charge in [0.1, 0.15) is 11.5 Å². The summed E-state index contributed by atoms with van der Waals surface area (Å²) >= 11 is 0. The minimum absolute atomic E-state index is 0.213. The van der Waals surface area contributed by atoms with Gasteiger partial charge in [-0.25, -0.2) is 14.2 Å². The minimum atomic E-state index is -0.914. The fraction of sp³-hybridized carbons (Fsp3) is 0.353. The third kappa shape index (κ3) is 2.46. The standard InChI is InChI=1S/C17H18FN3O3/c1-4-24-15(22)13-8-19-9-21(13)14-11-7-10(18)5-6-12(11)20-16(23)17(14,2)3/h5-9,14H,4H2,1-3H3,(H,20,23). The number of esters is 1. The van der Waals surface area contributed by atoms with Gasteiger partial charge in [0.05, 0.1) is 30.6 Å². The Morgan fingerprint density at radius 1 is 1.46 bits per heavy atom. The number of ether oxygens (including phenoxy) is 1. The highest BCUT2D eigenvalue weighted by Gasteiger charge is 2.45. The van der Waals surface area contributed by atoms with Crippen molar-refractivity contribution in [1.29, 1.82) is 0 Å². The van der Waals surface area contributed by atoms with Crippen LogP contribution in [-0.2, 0) is 9.53 Å². The molecule has 1 atom stereocenters. The van der Waals surface area contributed by atoms with Crippen molar-refractivity contribution in [2.45, 2.75) is 26.8 Å². The van der Waals surface area contributed by atoms with E-state index in [2.05, 4.69) is 10.3 Å². The summed E-state index contributed by atoms with van der Waals surface area (Å²) in [6, 6.07) is 3.59. The summed E-state index contributed by atoms with van der Waals surface area (Å²) in [5.41, 5.74) is 0.417. The molecule has 0 saturated heterocycles. The second-order valence-electron chi connectivity index (χ2n) is 6.22. The lowest BCUT2D eigenvalue weighted by atomic mass is 9.76. The zero-order valence-corrected chi connectivity index (χ0v) is 13.7. The maximum absolute atomic E-state index is 13.8. The molecule has 0 bridgehead atoms. The molecule has 0 radical (unpaired) electrons. The van der Waals surface area contributed by atoms with Gasteiger partial charge in [-0.05, 0) is 39.0 Å². The molecule has 3 rings (SSSR count). The highest BCUT2D eigenvalue weighted by atomic mass is 19.1. The van der Waals surface area contributed by atoms with Crippen LogP contribution in [0.5, 0.6) is 0 Å². The van der Waals surface area contributed by atoms with Crippen molar-refractivity contribution in [3.8, 4) is 0 Å². The van der Waals surface area contributed by atoms with Crippen LogP contribution in [-0.4, -0.2) is 28.0 Å². The Kier molecular flexibility index (Phi) is 3.87. The number of amides is 1. The first-order chi connectivity index (χ1) is 11.4. The monoisotopic (exact) mass is 331 g/mol. The van der Waals surface area contributed by atoms with Gasteiger partial charge in [0, 0.05) is 11.3 Å². The number of nitrogens with zero attached hydrogens (tertiary/aromatic N) is 2. The number of halogens is 1. The highest BCUT2D eigenvalue weighted by molar-refractivity contribution is 5.99. The lowest BCUT2D eigenvalue weighted by Crippen LogP contribution is -2.44. The molecule has 24 heavy (non-hydrogen) atoms. The molecule has 6 nitrogen and oxygen atoms in total. The first-order valence-electron chi connectivity index (χ1n) is 7.66. The first-order valence-corrected chi connectivity index (χ1v) is 7.66. The van der Waals surface area contributed by atoms with Crippen LogP contribution in [0.15, 0.2) is 30.7 Å². The molecule has 1 aromatic heterocycles. The van der Waals surface area contributed by atoms with Gasteiger partial charge >= 0.3 is 5.97 Å². The van der Waals surface area contributed by atoms with E-state index < -0.39 is 23.2 Å². The topological polar surface area (TPSA) is 73.2 Å². The fourth-order valence-corrected chi connectivity index (χ4v) is 3.04. The molecule has 1 aliphatic heterocycles. The normalized spacial score (nSPS) is 18.7. The molecule has 7 heteroatoms. The largest absolute Gasteiger partial charge is 0.461 e. The van der Waals surface area contributed by atoms with E-state index in [1.54, 1.807) is 25.3 Å². The van der Waals surface area contributed by atoms with Gasteiger partial charge in [0.15, 0.2) is 0 Å². The van der Waals surface area contributed by atoms with Crippen LogP contribution in [0.25, 0.3) is 0 Å². The van der Waals surface area contributed by atoms with E-state index in [9.17, 15) is 14.0 Å². The van der Waals surface area contributed by atoms with Crippen LogP contribution >= 0.6 is 0 Å². The van der Waals surface area contributed by atoms with Crippen molar-refractivity contribution in [2.75, 3.05) is 11.9 Å². The number of aromatic nitrogens is 2. The number of anilines is 1. The molecule has 1 amide bonds. The lowest BCUT2D eigenvalue weighted by Gasteiger charge is -2.40. The van der Waals surface area contributed by atoms with E-state index in [-0.39, 0.29) is 18.2 Å². The summed E-state index contributed by atoms with van der Waals surface area (Å²) in [7, 11) is 0. The predicted octanol–water partition coefficient (Wildman–Crippen LogP) is 2.77. The molecular weight excluding hydrogens is 313 g/mol. The Morgan fingerprint density at radius 2 is 2.21 bits per heavy atom. The number of carbonyl (C=O) groups excluding carboxylic acids is 2. The van der Waals surface area contributed by atoms with Crippen molar-refractivity contribution in [3.05, 3.63) is 47.8 Å². The first kappa shape index (κ1) is 16.2. The Balaban J connectivity index is 2.19. The molecule has 0 spiro atoms. The van der Waals surface area contributed by atoms with Crippen LogP contribution in [0.3, 0.4) is 0 Å². The van der Waals surface area contributed by atoms with E-state index >= 15 is 0 Å². The van der Waals surface area contributed by atoms with Gasteiger partial charge in [0.2, 0.25) is 5.91 Å². The van der Waals surface area contributed by atoms with E-state index in [1.165, 1.54) is 30.7 Å². The number of hydrogen-bond donors (Lipinski definition) is 1. The Hall–Kier alpha value is -2.70. The number of hydrogen-bond acceptors (Lipinski definition) is 4. The second kappa shape index (κ2) is 5.74. The SMILES string of the molecule is CCOC(=O)c1cncn1C1c2cc(F)ccc2NC(=O)C1(C)C. The van der Waals surface area contributed by atoms with Crippen LogP contribution in [0.1, 0.15) is 42.9 Å². The number of imidazole rings is 1. The maximum atomic E-state index is 13.8. The number of carbonyl (C=O) groups is 2. The van der Waals surface area contributed by atoms with E-state index in [1.807, 2.05) is 0 Å². The summed E-state index contributed by atoms with van der Waals surface area (Å²) in [6.07, 6.45) is 2.85. The summed E-state index contributed by atoms with van der Waals surface area (Å²) in [4.78, 5) is 28.7. The number of rotatable bonds is 3. The van der Waals surface area contributed by atoms with Crippen molar-refractivity contribution >= 4 is 17.6 Å². The van der Waals surface area contributed by atoms with Crippen LogP contribution in [0, 0.1) is 11.2 Å². The summed E-state index contributed by atoms with van der Waals surface area (Å²) in [5.74, 6) is -1.16. The van der Waals surface area contributed by atoms with E-state index in [0.717, 1.165) is 0 Å². The van der Waals surface area contributed by atoms with Crippen molar-refractivity contribution < 1.29 is 18.7 Å². The van der Waals surface area contributed by atoms with Gasteiger partial charge in [-0.2, -0.15) is 0 Å². The average molecular weight is 331 g/mol. The van der Waals surface area contributed by atoms with Crippen LogP contribution < -0.4 is 5.32 Å².